The van der Waals surface area contributed by atoms with Gasteiger partial charge < -0.3 is 10.3 Å². The van der Waals surface area contributed by atoms with Crippen LogP contribution >= 0.6 is 11.6 Å². The summed E-state index contributed by atoms with van der Waals surface area (Å²) in [5.41, 5.74) is 8.82. The van der Waals surface area contributed by atoms with Crippen LogP contribution in [0.25, 0.3) is 11.0 Å². The van der Waals surface area contributed by atoms with Crippen LogP contribution < -0.4 is 5.73 Å². The molecule has 0 aliphatic carbocycles. The molecular formula is C12H16ClN3. The minimum absolute atomic E-state index is 0.697. The number of imidazole rings is 1. The molecule has 2 aromatic rings. The third kappa shape index (κ3) is 1.93. The summed E-state index contributed by atoms with van der Waals surface area (Å²) in [7, 11) is 2.04. The highest BCUT2D eigenvalue weighted by Gasteiger charge is 2.10. The first-order chi connectivity index (χ1) is 7.63. The van der Waals surface area contributed by atoms with E-state index in [0.29, 0.717) is 6.54 Å². The summed E-state index contributed by atoms with van der Waals surface area (Å²) in [5.74, 6) is 1.07. The first-order valence-corrected chi connectivity index (χ1v) is 5.83. The molecule has 1 aromatic heterocycles. The maximum Gasteiger partial charge on any atom is 0.109 e. The molecule has 0 fully saturated rings. The number of hydrogen-bond acceptors (Lipinski definition) is 2. The van der Waals surface area contributed by atoms with E-state index >= 15 is 0 Å². The Kier molecular flexibility index (Phi) is 3.17. The number of aryl methyl sites for hydroxylation is 3. The fourth-order valence-corrected chi connectivity index (χ4v) is 2.33. The molecule has 1 aromatic carbocycles. The van der Waals surface area contributed by atoms with Crippen LogP contribution in [-0.4, -0.2) is 16.1 Å². The number of aromatic nitrogens is 2. The smallest absolute Gasteiger partial charge is 0.109 e. The van der Waals surface area contributed by atoms with E-state index in [1.54, 1.807) is 0 Å². The summed E-state index contributed by atoms with van der Waals surface area (Å²) in [6.45, 7) is 2.76. The van der Waals surface area contributed by atoms with Gasteiger partial charge in [0.15, 0.2) is 0 Å². The van der Waals surface area contributed by atoms with Crippen molar-refractivity contribution in [3.05, 3.63) is 28.5 Å². The normalized spacial score (nSPS) is 11.2. The Balaban J connectivity index is 2.54. The van der Waals surface area contributed by atoms with Gasteiger partial charge in [0.1, 0.15) is 5.82 Å². The second kappa shape index (κ2) is 4.44. The minimum Gasteiger partial charge on any atom is -0.331 e. The molecule has 2 N–H and O–H groups in total. The molecule has 0 spiro atoms. The Bertz CT molecular complexity index is 516. The van der Waals surface area contributed by atoms with Crippen LogP contribution in [0.5, 0.6) is 0 Å². The number of rotatable bonds is 3. The van der Waals surface area contributed by atoms with Crippen molar-refractivity contribution >= 4 is 22.6 Å². The lowest BCUT2D eigenvalue weighted by Crippen LogP contribution is -2.04. The largest absolute Gasteiger partial charge is 0.331 e. The van der Waals surface area contributed by atoms with E-state index in [9.17, 15) is 0 Å². The van der Waals surface area contributed by atoms with E-state index < -0.39 is 0 Å². The third-order valence-corrected chi connectivity index (χ3v) is 3.04. The Hall–Kier alpha value is -1.06. The van der Waals surface area contributed by atoms with Crippen LogP contribution in [0.2, 0.25) is 5.02 Å². The highest BCUT2D eigenvalue weighted by molar-refractivity contribution is 6.31. The van der Waals surface area contributed by atoms with E-state index in [0.717, 1.165) is 40.3 Å². The van der Waals surface area contributed by atoms with Gasteiger partial charge >= 0.3 is 0 Å². The van der Waals surface area contributed by atoms with Crippen molar-refractivity contribution in [3.8, 4) is 0 Å². The fraction of sp³-hybridized carbons (Fsp3) is 0.417. The highest BCUT2D eigenvalue weighted by Crippen LogP contribution is 2.24. The van der Waals surface area contributed by atoms with Crippen molar-refractivity contribution in [1.82, 2.24) is 9.55 Å². The monoisotopic (exact) mass is 237 g/mol. The van der Waals surface area contributed by atoms with Crippen molar-refractivity contribution < 1.29 is 0 Å². The second-order valence-corrected chi connectivity index (χ2v) is 4.51. The van der Waals surface area contributed by atoms with Crippen LogP contribution in [0.15, 0.2) is 12.1 Å². The molecule has 3 nitrogen and oxygen atoms in total. The Labute approximate surface area is 100 Å². The summed E-state index contributed by atoms with van der Waals surface area (Å²) in [4.78, 5) is 4.59. The van der Waals surface area contributed by atoms with Crippen molar-refractivity contribution in [2.75, 3.05) is 6.54 Å². The summed E-state index contributed by atoms with van der Waals surface area (Å²) >= 11 is 6.02. The van der Waals surface area contributed by atoms with Crippen LogP contribution in [0.3, 0.4) is 0 Å². The lowest BCUT2D eigenvalue weighted by atomic mass is 10.2. The standard InChI is InChI=1S/C12H16ClN3/c1-8-6-9(13)7-10-12(8)16(2)11(15-10)4-3-5-14/h6-7H,3-5,14H2,1-2H3. The van der Waals surface area contributed by atoms with E-state index in [1.807, 2.05) is 19.2 Å². The lowest BCUT2D eigenvalue weighted by Gasteiger charge is -2.03. The van der Waals surface area contributed by atoms with Gasteiger partial charge in [0, 0.05) is 18.5 Å². The lowest BCUT2D eigenvalue weighted by molar-refractivity contribution is 0.740. The van der Waals surface area contributed by atoms with Gasteiger partial charge in [-0.3, -0.25) is 0 Å². The molecule has 0 atom stereocenters. The Morgan fingerprint density at radius 1 is 1.44 bits per heavy atom. The summed E-state index contributed by atoms with van der Waals surface area (Å²) in [6, 6.07) is 3.88. The van der Waals surface area contributed by atoms with E-state index in [-0.39, 0.29) is 0 Å². The first-order valence-electron chi connectivity index (χ1n) is 5.45. The molecule has 1 heterocycles. The molecule has 86 valence electrons. The molecule has 0 bridgehead atoms. The third-order valence-electron chi connectivity index (χ3n) is 2.82. The first kappa shape index (κ1) is 11.4. The number of benzene rings is 1. The number of nitrogens with two attached hydrogens (primary N) is 1. The summed E-state index contributed by atoms with van der Waals surface area (Å²) in [6.07, 6.45) is 1.88. The van der Waals surface area contributed by atoms with E-state index in [1.165, 1.54) is 0 Å². The molecular weight excluding hydrogens is 222 g/mol. The molecule has 0 radical (unpaired) electrons. The van der Waals surface area contributed by atoms with Crippen molar-refractivity contribution in [2.45, 2.75) is 19.8 Å². The fourth-order valence-electron chi connectivity index (χ4n) is 2.07. The molecule has 4 heteroatoms. The molecule has 16 heavy (non-hydrogen) atoms. The predicted molar refractivity (Wildman–Crippen MR) is 67.8 cm³/mol. The van der Waals surface area contributed by atoms with Crippen molar-refractivity contribution in [1.29, 1.82) is 0 Å². The predicted octanol–water partition coefficient (Wildman–Crippen LogP) is 2.43. The maximum atomic E-state index is 6.02. The zero-order valence-corrected chi connectivity index (χ0v) is 10.4. The van der Waals surface area contributed by atoms with Gasteiger partial charge in [0.05, 0.1) is 11.0 Å². The quantitative estimate of drug-likeness (QED) is 0.891. The van der Waals surface area contributed by atoms with Crippen LogP contribution in [0.4, 0.5) is 0 Å². The van der Waals surface area contributed by atoms with Gasteiger partial charge in [-0.15, -0.1) is 0 Å². The van der Waals surface area contributed by atoms with E-state index in [2.05, 4.69) is 16.5 Å². The SMILES string of the molecule is Cc1cc(Cl)cc2nc(CCCN)n(C)c12. The van der Waals surface area contributed by atoms with Gasteiger partial charge in [0.2, 0.25) is 0 Å². The average Bonchev–Trinajstić information content (AvgIpc) is 2.52. The van der Waals surface area contributed by atoms with Gasteiger partial charge in [-0.2, -0.15) is 0 Å². The highest BCUT2D eigenvalue weighted by atomic mass is 35.5. The molecule has 0 aliphatic heterocycles. The summed E-state index contributed by atoms with van der Waals surface area (Å²) < 4.78 is 2.14. The maximum absolute atomic E-state index is 6.02. The molecule has 0 saturated carbocycles. The van der Waals surface area contributed by atoms with E-state index in [4.69, 9.17) is 17.3 Å². The van der Waals surface area contributed by atoms with Gasteiger partial charge in [-0.1, -0.05) is 11.6 Å². The van der Waals surface area contributed by atoms with Gasteiger partial charge in [0.25, 0.3) is 0 Å². The zero-order chi connectivity index (χ0) is 11.7. The molecule has 0 aliphatic rings. The van der Waals surface area contributed by atoms with Crippen LogP contribution in [-0.2, 0) is 13.5 Å². The molecule has 0 saturated heterocycles. The number of nitrogens with zero attached hydrogens (tertiary/aromatic N) is 2. The number of halogens is 1. The van der Waals surface area contributed by atoms with Crippen molar-refractivity contribution in [2.24, 2.45) is 12.8 Å². The summed E-state index contributed by atoms with van der Waals surface area (Å²) in [5, 5.41) is 0.744. The minimum atomic E-state index is 0.697. The molecule has 0 amide bonds. The zero-order valence-electron chi connectivity index (χ0n) is 9.63. The topological polar surface area (TPSA) is 43.8 Å². The number of hydrogen-bond donors (Lipinski definition) is 1. The van der Waals surface area contributed by atoms with Crippen LogP contribution in [0, 0.1) is 6.92 Å². The second-order valence-electron chi connectivity index (χ2n) is 4.07. The molecule has 0 unspecified atom stereocenters. The molecule has 2 rings (SSSR count). The number of fused-ring (bicyclic) bond motifs is 1. The van der Waals surface area contributed by atoms with Crippen molar-refractivity contribution in [3.63, 3.8) is 0 Å². The van der Waals surface area contributed by atoms with Gasteiger partial charge in [-0.05, 0) is 37.6 Å². The average molecular weight is 238 g/mol. The van der Waals surface area contributed by atoms with Gasteiger partial charge in [-0.25, -0.2) is 4.98 Å². The Morgan fingerprint density at radius 3 is 2.88 bits per heavy atom. The Morgan fingerprint density at radius 2 is 2.19 bits per heavy atom. The van der Waals surface area contributed by atoms with Crippen LogP contribution in [0.1, 0.15) is 17.8 Å².